The zero-order chi connectivity index (χ0) is 17.3. The highest BCUT2D eigenvalue weighted by atomic mass is 17.1. The van der Waals surface area contributed by atoms with E-state index in [4.69, 9.17) is 15.5 Å². The number of hydrogen-bond donors (Lipinski definition) is 3. The van der Waals surface area contributed by atoms with E-state index >= 15 is 0 Å². The lowest BCUT2D eigenvalue weighted by Gasteiger charge is -2.23. The Morgan fingerprint density at radius 2 is 1.87 bits per heavy atom. The molecule has 6 heteroatoms. The summed E-state index contributed by atoms with van der Waals surface area (Å²) in [6.45, 7) is 1.50. The van der Waals surface area contributed by atoms with E-state index < -0.39 is 17.4 Å². The van der Waals surface area contributed by atoms with Gasteiger partial charge in [0.2, 0.25) is 0 Å². The van der Waals surface area contributed by atoms with Gasteiger partial charge in [0.1, 0.15) is 6.26 Å². The maximum absolute atomic E-state index is 10.8. The minimum absolute atomic E-state index is 0.0359. The van der Waals surface area contributed by atoms with Gasteiger partial charge in [0.25, 0.3) is 0 Å². The molecule has 3 N–H and O–H groups in total. The van der Waals surface area contributed by atoms with E-state index in [1.54, 1.807) is 6.08 Å². The molecule has 1 atom stereocenters. The van der Waals surface area contributed by atoms with Crippen LogP contribution in [0.1, 0.15) is 18.9 Å². The molecular weight excluding hydrogens is 300 g/mol. The third-order valence-electron chi connectivity index (χ3n) is 3.20. The maximum Gasteiger partial charge on any atom is 0.331 e. The lowest BCUT2D eigenvalue weighted by Crippen LogP contribution is -2.28. The van der Waals surface area contributed by atoms with Crippen molar-refractivity contribution in [2.75, 3.05) is 0 Å². The average Bonchev–Trinajstić information content (AvgIpc) is 2.54. The van der Waals surface area contributed by atoms with Crippen molar-refractivity contribution in [3.63, 3.8) is 0 Å². The van der Waals surface area contributed by atoms with Crippen LogP contribution in [0.4, 0.5) is 0 Å². The molecule has 122 valence electrons. The Morgan fingerprint density at radius 3 is 2.39 bits per heavy atom. The van der Waals surface area contributed by atoms with Crippen molar-refractivity contribution in [1.82, 2.24) is 0 Å². The number of carboxylic acid groups (broad SMARTS) is 2. The van der Waals surface area contributed by atoms with Crippen LogP contribution in [0.3, 0.4) is 0 Å². The fourth-order valence-corrected chi connectivity index (χ4v) is 1.86. The molecule has 1 aromatic carbocycles. The van der Waals surface area contributed by atoms with Crippen LogP contribution in [0.2, 0.25) is 0 Å². The van der Waals surface area contributed by atoms with Crippen molar-refractivity contribution < 1.29 is 29.9 Å². The smallest absolute Gasteiger partial charge is 0.331 e. The highest BCUT2D eigenvalue weighted by molar-refractivity contribution is 5.90. The minimum atomic E-state index is -1.08. The lowest BCUT2D eigenvalue weighted by atomic mass is 9.80. The highest BCUT2D eigenvalue weighted by Crippen LogP contribution is 2.31. The molecule has 0 aromatic heterocycles. The molecule has 1 unspecified atom stereocenters. The second kappa shape index (κ2) is 8.55. The molecule has 1 aliphatic rings. The van der Waals surface area contributed by atoms with Gasteiger partial charge >= 0.3 is 11.9 Å². The van der Waals surface area contributed by atoms with E-state index in [0.29, 0.717) is 0 Å². The minimum Gasteiger partial charge on any atom is -0.481 e. The summed E-state index contributed by atoms with van der Waals surface area (Å²) in [5, 5.41) is 25.4. The van der Waals surface area contributed by atoms with Gasteiger partial charge in [-0.05, 0) is 25.0 Å². The van der Waals surface area contributed by atoms with Crippen molar-refractivity contribution >= 4 is 18.0 Å². The number of hydrogen-bond acceptors (Lipinski definition) is 4. The van der Waals surface area contributed by atoms with E-state index in [2.05, 4.69) is 4.89 Å². The lowest BCUT2D eigenvalue weighted by molar-refractivity contribution is -0.185. The molecule has 0 radical (unpaired) electrons. The van der Waals surface area contributed by atoms with Crippen LogP contribution in [0.25, 0.3) is 6.08 Å². The number of carboxylic acids is 2. The largest absolute Gasteiger partial charge is 0.481 e. The van der Waals surface area contributed by atoms with Crippen LogP contribution < -0.4 is 0 Å². The molecule has 0 amide bonds. The van der Waals surface area contributed by atoms with Gasteiger partial charge in [0.05, 0.1) is 5.41 Å². The van der Waals surface area contributed by atoms with Crippen LogP contribution >= 0.6 is 0 Å². The molecule has 2 rings (SSSR count). The normalized spacial score (nSPS) is 19.5. The summed E-state index contributed by atoms with van der Waals surface area (Å²) in [7, 11) is 0. The highest BCUT2D eigenvalue weighted by Gasteiger charge is 2.34. The summed E-state index contributed by atoms with van der Waals surface area (Å²) in [4.78, 5) is 25.1. The first-order chi connectivity index (χ1) is 10.9. The topological polar surface area (TPSA) is 104 Å². The van der Waals surface area contributed by atoms with Gasteiger partial charge in [-0.15, -0.1) is 0 Å². The van der Waals surface area contributed by atoms with E-state index in [1.807, 2.05) is 30.3 Å². The molecule has 1 aliphatic carbocycles. The summed E-state index contributed by atoms with van der Waals surface area (Å²) < 4.78 is 0. The van der Waals surface area contributed by atoms with E-state index in [0.717, 1.165) is 5.56 Å². The first kappa shape index (κ1) is 18.2. The van der Waals surface area contributed by atoms with Crippen molar-refractivity contribution in [2.45, 2.75) is 13.3 Å². The Hall–Kier alpha value is -2.86. The quantitative estimate of drug-likeness (QED) is 0.447. The molecule has 6 nitrogen and oxygen atoms in total. The van der Waals surface area contributed by atoms with Gasteiger partial charge in [0.15, 0.2) is 0 Å². The third kappa shape index (κ3) is 5.80. The fraction of sp³-hybridized carbons (Fsp3) is 0.176. The number of allylic oxidation sites excluding steroid dienone is 2. The van der Waals surface area contributed by atoms with E-state index in [-0.39, 0.29) is 12.0 Å². The second-order valence-electron chi connectivity index (χ2n) is 5.07. The zero-order valence-electron chi connectivity index (χ0n) is 12.5. The zero-order valence-corrected chi connectivity index (χ0v) is 12.5. The van der Waals surface area contributed by atoms with Crippen LogP contribution in [-0.4, -0.2) is 27.4 Å². The summed E-state index contributed by atoms with van der Waals surface area (Å²) in [5.41, 5.74) is 0.0478. The molecular formula is C17H18O6. The molecule has 23 heavy (non-hydrogen) atoms. The monoisotopic (exact) mass is 318 g/mol. The molecule has 0 fully saturated rings. The van der Waals surface area contributed by atoms with Gasteiger partial charge in [-0.2, -0.15) is 0 Å². The first-order valence-electron chi connectivity index (χ1n) is 6.76. The number of carbonyl (C=O) groups is 2. The van der Waals surface area contributed by atoms with E-state index in [1.165, 1.54) is 31.4 Å². The molecule has 0 aliphatic heterocycles. The fourth-order valence-electron chi connectivity index (χ4n) is 1.86. The third-order valence-corrected chi connectivity index (χ3v) is 3.20. The average molecular weight is 318 g/mol. The Kier molecular flexibility index (Phi) is 6.76. The van der Waals surface area contributed by atoms with Crippen molar-refractivity contribution in [1.29, 1.82) is 0 Å². The molecule has 0 saturated carbocycles. The van der Waals surface area contributed by atoms with Crippen LogP contribution in [0.5, 0.6) is 0 Å². The van der Waals surface area contributed by atoms with Gasteiger partial charge in [-0.1, -0.05) is 48.6 Å². The maximum atomic E-state index is 10.8. The summed E-state index contributed by atoms with van der Waals surface area (Å²) >= 11 is 0. The number of rotatable bonds is 4. The summed E-state index contributed by atoms with van der Waals surface area (Å²) in [5.74, 6) is -2.06. The Balaban J connectivity index is 0.000000238. The van der Waals surface area contributed by atoms with Crippen LogP contribution in [0.15, 0.2) is 60.4 Å². The van der Waals surface area contributed by atoms with Gasteiger partial charge < -0.3 is 15.1 Å². The first-order valence-corrected chi connectivity index (χ1v) is 6.76. The number of aliphatic carboxylic acids is 2. The van der Waals surface area contributed by atoms with E-state index in [9.17, 15) is 9.59 Å². The predicted molar refractivity (Wildman–Crippen MR) is 84.4 cm³/mol. The standard InChI is InChI=1S/C9H10O4.C8H8O2/c1-9(8(12)13)4-2-3-6(5-9)7(10)11;9-10-7-6-8-4-2-1-3-5-8/h2-4H,5H2,1H3,(H,10,11)(H,12,13);1-7,9H. The molecule has 0 spiro atoms. The Bertz CT molecular complexity index is 630. The van der Waals surface area contributed by atoms with Gasteiger partial charge in [-0.3, -0.25) is 4.79 Å². The van der Waals surface area contributed by atoms with Crippen LogP contribution in [0, 0.1) is 5.41 Å². The molecule has 0 bridgehead atoms. The van der Waals surface area contributed by atoms with Crippen molar-refractivity contribution in [3.8, 4) is 0 Å². The molecule has 0 heterocycles. The Labute approximate surface area is 133 Å². The van der Waals surface area contributed by atoms with Crippen molar-refractivity contribution in [2.24, 2.45) is 5.41 Å². The molecule has 0 saturated heterocycles. The molecule has 1 aromatic rings. The summed E-state index contributed by atoms with van der Waals surface area (Å²) in [6, 6.07) is 9.58. The Morgan fingerprint density at radius 1 is 1.22 bits per heavy atom. The van der Waals surface area contributed by atoms with Crippen molar-refractivity contribution in [3.05, 3.63) is 66.0 Å². The van der Waals surface area contributed by atoms with Crippen LogP contribution in [-0.2, 0) is 14.5 Å². The van der Waals surface area contributed by atoms with Gasteiger partial charge in [0, 0.05) is 5.57 Å². The van der Waals surface area contributed by atoms with Gasteiger partial charge in [-0.25, -0.2) is 10.1 Å². The second-order valence-corrected chi connectivity index (χ2v) is 5.07. The predicted octanol–water partition coefficient (Wildman–Crippen LogP) is 3.20. The summed E-state index contributed by atoms with van der Waals surface area (Å²) in [6.07, 6.45) is 7.32. The SMILES string of the molecule is CC1(C(=O)O)C=CC=C(C(=O)O)C1.OOC=Cc1ccccc1. The number of benzene rings is 1.